The molecule has 0 aliphatic heterocycles. The summed E-state index contributed by atoms with van der Waals surface area (Å²) >= 11 is 0. The maximum absolute atomic E-state index is 5.22. The molecule has 9 aromatic carbocycles. The number of aromatic nitrogens is 7. The fourth-order valence-corrected chi connectivity index (χ4v) is 8.89. The molecule has 0 saturated heterocycles. The highest BCUT2D eigenvalue weighted by atomic mass is 15.0. The van der Waals surface area contributed by atoms with E-state index in [-0.39, 0.29) is 0 Å². The van der Waals surface area contributed by atoms with Crippen LogP contribution in [0.15, 0.2) is 237 Å². The molecule has 12 rings (SSSR count). The van der Waals surface area contributed by atoms with Gasteiger partial charge in [0.05, 0.1) is 11.0 Å². The third kappa shape index (κ3) is 7.60. The predicted molar refractivity (Wildman–Crippen MR) is 271 cm³/mol. The highest BCUT2D eigenvalue weighted by Gasteiger charge is 2.20. The van der Waals surface area contributed by atoms with Crippen molar-refractivity contribution < 1.29 is 0 Å². The molecule has 0 spiro atoms. The van der Waals surface area contributed by atoms with Crippen LogP contribution >= 0.6 is 0 Å². The van der Waals surface area contributed by atoms with Crippen LogP contribution in [0.5, 0.6) is 0 Å². The Balaban J connectivity index is 1.00. The summed E-state index contributed by atoms with van der Waals surface area (Å²) in [5.41, 5.74) is 13.1. The van der Waals surface area contributed by atoms with Crippen molar-refractivity contribution in [3.8, 4) is 96.3 Å². The molecule has 0 amide bonds. The zero-order chi connectivity index (χ0) is 44.5. The number of fused-ring (bicyclic) bond motifs is 3. The van der Waals surface area contributed by atoms with E-state index in [4.69, 9.17) is 29.9 Å². The lowest BCUT2D eigenvalue weighted by Crippen LogP contribution is -2.02. The second-order valence-electron chi connectivity index (χ2n) is 16.3. The Morgan fingerprint density at radius 2 is 0.612 bits per heavy atom. The molecule has 7 heteroatoms. The van der Waals surface area contributed by atoms with Crippen molar-refractivity contribution in [2.45, 2.75) is 0 Å². The Labute approximate surface area is 387 Å². The summed E-state index contributed by atoms with van der Waals surface area (Å²) < 4.78 is 2.37. The summed E-state index contributed by atoms with van der Waals surface area (Å²) in [5, 5.41) is 2.36. The van der Waals surface area contributed by atoms with Gasteiger partial charge in [-0.15, -0.1) is 0 Å². The average Bonchev–Trinajstić information content (AvgIpc) is 3.76. The van der Waals surface area contributed by atoms with Crippen molar-refractivity contribution in [1.29, 1.82) is 0 Å². The first kappa shape index (κ1) is 39.4. The standard InChI is InChI=1S/C60H39N7/c1-6-19-40(20-7-1)44-35-36-52-51(39-44)54-50(33-18-34-53(54)67(52)49-31-14-5-15-32-49)45-27-16-28-46(37-45)58-64-57(43-25-12-4-13-26-43)65-60(66-58)48-30-17-29-47(38-48)59-62-55(41-21-8-2-9-22-41)61-56(63-59)42-23-10-3-11-24-42/h1-39H. The third-order valence-corrected chi connectivity index (χ3v) is 12.1. The largest absolute Gasteiger partial charge is 0.309 e. The Kier molecular flexibility index (Phi) is 10.0. The molecule has 0 atom stereocenters. The van der Waals surface area contributed by atoms with Crippen LogP contribution in [-0.2, 0) is 0 Å². The van der Waals surface area contributed by atoms with Crippen LogP contribution < -0.4 is 0 Å². The third-order valence-electron chi connectivity index (χ3n) is 12.1. The summed E-state index contributed by atoms with van der Waals surface area (Å²) in [5.74, 6) is 3.44. The first-order valence-electron chi connectivity index (χ1n) is 22.3. The van der Waals surface area contributed by atoms with Gasteiger partial charge in [0.15, 0.2) is 34.9 Å². The molecule has 67 heavy (non-hydrogen) atoms. The fraction of sp³-hybridized carbons (Fsp3) is 0. The van der Waals surface area contributed by atoms with Crippen LogP contribution in [0.4, 0.5) is 0 Å². The van der Waals surface area contributed by atoms with Gasteiger partial charge in [-0.3, -0.25) is 0 Å². The van der Waals surface area contributed by atoms with Gasteiger partial charge in [-0.1, -0.05) is 194 Å². The minimum Gasteiger partial charge on any atom is -0.309 e. The Morgan fingerprint density at radius 3 is 1.09 bits per heavy atom. The summed E-state index contributed by atoms with van der Waals surface area (Å²) in [4.78, 5) is 30.4. The smallest absolute Gasteiger partial charge is 0.164 e. The second kappa shape index (κ2) is 17.1. The molecule has 314 valence electrons. The zero-order valence-corrected chi connectivity index (χ0v) is 36.1. The quantitative estimate of drug-likeness (QED) is 0.144. The molecule has 3 aromatic heterocycles. The molecule has 0 aliphatic carbocycles. The number of hydrogen-bond acceptors (Lipinski definition) is 6. The van der Waals surface area contributed by atoms with Gasteiger partial charge in [-0.05, 0) is 64.7 Å². The highest BCUT2D eigenvalue weighted by molar-refractivity contribution is 6.16. The Hall–Kier alpha value is -9.20. The van der Waals surface area contributed by atoms with E-state index in [0.717, 1.165) is 61.2 Å². The summed E-state index contributed by atoms with van der Waals surface area (Å²) in [7, 11) is 0. The van der Waals surface area contributed by atoms with Gasteiger partial charge in [0.2, 0.25) is 0 Å². The molecule has 0 aliphatic rings. The number of para-hydroxylation sites is 1. The number of nitrogens with zero attached hydrogens (tertiary/aromatic N) is 7. The lowest BCUT2D eigenvalue weighted by molar-refractivity contribution is 1.07. The van der Waals surface area contributed by atoms with Gasteiger partial charge in [-0.25, -0.2) is 29.9 Å². The summed E-state index contributed by atoms with van der Waals surface area (Å²) in [6.07, 6.45) is 0. The Bertz CT molecular complexity index is 3670. The van der Waals surface area contributed by atoms with Gasteiger partial charge < -0.3 is 4.57 Å². The van der Waals surface area contributed by atoms with E-state index in [1.807, 2.05) is 109 Å². The van der Waals surface area contributed by atoms with Crippen molar-refractivity contribution in [3.05, 3.63) is 237 Å². The molecule has 3 heterocycles. The van der Waals surface area contributed by atoms with Crippen LogP contribution in [0.2, 0.25) is 0 Å². The van der Waals surface area contributed by atoms with E-state index in [1.165, 1.54) is 21.9 Å². The lowest BCUT2D eigenvalue weighted by Gasteiger charge is -2.12. The molecular weight excluding hydrogens is 819 g/mol. The van der Waals surface area contributed by atoms with Crippen molar-refractivity contribution >= 4 is 21.8 Å². The van der Waals surface area contributed by atoms with Crippen molar-refractivity contribution in [1.82, 2.24) is 34.5 Å². The van der Waals surface area contributed by atoms with Gasteiger partial charge in [0.1, 0.15) is 0 Å². The summed E-state index contributed by atoms with van der Waals surface area (Å²) in [6.45, 7) is 0. The first-order chi connectivity index (χ1) is 33.2. The molecule has 0 saturated carbocycles. The van der Waals surface area contributed by atoms with Gasteiger partial charge in [0, 0.05) is 49.8 Å². The molecule has 0 bridgehead atoms. The number of hydrogen-bond donors (Lipinski definition) is 0. The van der Waals surface area contributed by atoms with Crippen LogP contribution in [0.25, 0.3) is 118 Å². The zero-order valence-electron chi connectivity index (χ0n) is 36.1. The first-order valence-corrected chi connectivity index (χ1v) is 22.3. The van der Waals surface area contributed by atoms with E-state index in [0.29, 0.717) is 34.9 Å². The van der Waals surface area contributed by atoms with Gasteiger partial charge in [-0.2, -0.15) is 0 Å². The van der Waals surface area contributed by atoms with E-state index in [1.54, 1.807) is 0 Å². The van der Waals surface area contributed by atoms with E-state index >= 15 is 0 Å². The second-order valence-corrected chi connectivity index (χ2v) is 16.3. The minimum atomic E-state index is 0.540. The van der Waals surface area contributed by atoms with Crippen LogP contribution in [0, 0.1) is 0 Å². The topological polar surface area (TPSA) is 82.3 Å². The van der Waals surface area contributed by atoms with Crippen molar-refractivity contribution in [2.24, 2.45) is 0 Å². The van der Waals surface area contributed by atoms with E-state index in [2.05, 4.69) is 132 Å². The molecular formula is C60H39N7. The predicted octanol–water partition coefficient (Wildman–Crippen LogP) is 14.5. The monoisotopic (exact) mass is 857 g/mol. The average molecular weight is 858 g/mol. The highest BCUT2D eigenvalue weighted by Crippen LogP contribution is 2.41. The fourth-order valence-electron chi connectivity index (χ4n) is 8.89. The molecule has 0 unspecified atom stereocenters. The summed E-state index contributed by atoms with van der Waals surface area (Å²) in [6, 6.07) is 81.3. The number of rotatable bonds is 9. The SMILES string of the molecule is c1ccc(-c2ccc3c(c2)c2c(-c4cccc(-c5nc(-c6ccccc6)nc(-c6cccc(-c7nc(-c8ccccc8)nc(-c8ccccc8)n7)c6)n5)c4)cccc2n3-c2ccccc2)cc1. The van der Waals surface area contributed by atoms with Crippen LogP contribution in [0.3, 0.4) is 0 Å². The minimum absolute atomic E-state index is 0.540. The molecule has 0 radical (unpaired) electrons. The van der Waals surface area contributed by atoms with Gasteiger partial charge >= 0.3 is 0 Å². The number of benzene rings is 9. The lowest BCUT2D eigenvalue weighted by atomic mass is 9.96. The molecule has 12 aromatic rings. The van der Waals surface area contributed by atoms with Gasteiger partial charge in [0.25, 0.3) is 0 Å². The maximum atomic E-state index is 5.22. The van der Waals surface area contributed by atoms with Crippen LogP contribution in [-0.4, -0.2) is 34.5 Å². The van der Waals surface area contributed by atoms with Crippen LogP contribution in [0.1, 0.15) is 0 Å². The maximum Gasteiger partial charge on any atom is 0.164 e. The molecule has 0 N–H and O–H groups in total. The molecule has 0 fully saturated rings. The van der Waals surface area contributed by atoms with E-state index < -0.39 is 0 Å². The van der Waals surface area contributed by atoms with Crippen molar-refractivity contribution in [3.63, 3.8) is 0 Å². The van der Waals surface area contributed by atoms with E-state index in [9.17, 15) is 0 Å². The molecule has 7 nitrogen and oxygen atoms in total. The normalized spacial score (nSPS) is 11.3. The Morgan fingerprint density at radius 1 is 0.239 bits per heavy atom. The van der Waals surface area contributed by atoms with Crippen molar-refractivity contribution in [2.75, 3.05) is 0 Å².